The molecule has 0 N–H and O–H groups in total. The third-order valence-electron chi connectivity index (χ3n) is 4.89. The van der Waals surface area contributed by atoms with Gasteiger partial charge >= 0.3 is 6.09 Å². The standard InChI is InChI=1S/C19H20FN3O4/c1-3-12-11-16-15(9-10-21-18(16)20)17(4-2)22(12)19(24)27-14-7-5-13(6-8-14)23(25)26/h5-10,12,17H,3-4,11H2,1-2H3. The molecule has 1 aliphatic rings. The van der Waals surface area contributed by atoms with E-state index in [1.54, 1.807) is 11.0 Å². The number of ether oxygens (including phenoxy) is 1. The molecule has 8 heteroatoms. The number of hydrogen-bond acceptors (Lipinski definition) is 5. The van der Waals surface area contributed by atoms with Gasteiger partial charge in [0.15, 0.2) is 0 Å². The second-order valence-corrected chi connectivity index (χ2v) is 6.39. The van der Waals surface area contributed by atoms with Crippen LogP contribution in [-0.4, -0.2) is 26.9 Å². The number of hydrogen-bond donors (Lipinski definition) is 0. The van der Waals surface area contributed by atoms with E-state index in [4.69, 9.17) is 4.74 Å². The number of non-ortho nitro benzene ring substituents is 1. The number of nitro groups is 1. The zero-order valence-corrected chi connectivity index (χ0v) is 15.1. The summed E-state index contributed by atoms with van der Waals surface area (Å²) >= 11 is 0. The Bertz CT molecular complexity index is 857. The molecule has 0 aliphatic carbocycles. The van der Waals surface area contributed by atoms with Crippen LogP contribution in [-0.2, 0) is 6.42 Å². The van der Waals surface area contributed by atoms with E-state index in [1.165, 1.54) is 30.5 Å². The molecule has 2 aromatic rings. The predicted molar refractivity (Wildman–Crippen MR) is 96.0 cm³/mol. The van der Waals surface area contributed by atoms with E-state index < -0.39 is 17.0 Å². The van der Waals surface area contributed by atoms with E-state index in [0.717, 1.165) is 5.56 Å². The Morgan fingerprint density at radius 3 is 2.59 bits per heavy atom. The molecule has 0 radical (unpaired) electrons. The lowest BCUT2D eigenvalue weighted by Gasteiger charge is -2.41. The highest BCUT2D eigenvalue weighted by Crippen LogP contribution is 2.37. The van der Waals surface area contributed by atoms with Gasteiger partial charge in [-0.25, -0.2) is 9.78 Å². The van der Waals surface area contributed by atoms with E-state index in [-0.39, 0.29) is 23.5 Å². The summed E-state index contributed by atoms with van der Waals surface area (Å²) in [5.74, 6) is -0.269. The van der Waals surface area contributed by atoms with Crippen molar-refractivity contribution in [1.82, 2.24) is 9.88 Å². The molecule has 0 bridgehead atoms. The quantitative estimate of drug-likeness (QED) is 0.450. The molecule has 0 saturated carbocycles. The Morgan fingerprint density at radius 2 is 2.00 bits per heavy atom. The highest BCUT2D eigenvalue weighted by molar-refractivity contribution is 5.72. The lowest BCUT2D eigenvalue weighted by atomic mass is 9.87. The van der Waals surface area contributed by atoms with Crippen LogP contribution in [0.2, 0.25) is 0 Å². The van der Waals surface area contributed by atoms with Crippen molar-refractivity contribution in [2.45, 2.75) is 45.2 Å². The zero-order chi connectivity index (χ0) is 19.6. The summed E-state index contributed by atoms with van der Waals surface area (Å²) in [6.45, 7) is 3.86. The second-order valence-electron chi connectivity index (χ2n) is 6.39. The van der Waals surface area contributed by atoms with Gasteiger partial charge in [-0.15, -0.1) is 0 Å². The van der Waals surface area contributed by atoms with Gasteiger partial charge in [0.2, 0.25) is 5.95 Å². The number of halogens is 1. The number of rotatable bonds is 4. The van der Waals surface area contributed by atoms with Gasteiger partial charge < -0.3 is 4.74 Å². The number of aromatic nitrogens is 1. The number of nitro benzene ring substituents is 1. The van der Waals surface area contributed by atoms with Gasteiger partial charge in [-0.05, 0) is 43.0 Å². The Balaban J connectivity index is 1.88. The highest BCUT2D eigenvalue weighted by atomic mass is 19.1. The first-order valence-corrected chi connectivity index (χ1v) is 8.84. The van der Waals surface area contributed by atoms with Gasteiger partial charge in [-0.3, -0.25) is 15.0 Å². The number of carbonyl (C=O) groups is 1. The van der Waals surface area contributed by atoms with E-state index >= 15 is 0 Å². The average molecular weight is 373 g/mol. The first kappa shape index (κ1) is 18.8. The van der Waals surface area contributed by atoms with Crippen molar-refractivity contribution < 1.29 is 18.8 Å². The second kappa shape index (κ2) is 7.69. The van der Waals surface area contributed by atoms with Crippen LogP contribution in [0.3, 0.4) is 0 Å². The van der Waals surface area contributed by atoms with Crippen molar-refractivity contribution in [2.75, 3.05) is 0 Å². The molecule has 0 fully saturated rings. The summed E-state index contributed by atoms with van der Waals surface area (Å²) in [5.41, 5.74) is 1.22. The van der Waals surface area contributed by atoms with Crippen LogP contribution in [0.1, 0.15) is 43.9 Å². The van der Waals surface area contributed by atoms with E-state index in [0.29, 0.717) is 24.8 Å². The molecule has 27 heavy (non-hydrogen) atoms. The summed E-state index contributed by atoms with van der Waals surface area (Å²) in [6.07, 6.45) is 2.47. The van der Waals surface area contributed by atoms with Crippen molar-refractivity contribution in [1.29, 1.82) is 0 Å². The Hall–Kier alpha value is -3.03. The third-order valence-corrected chi connectivity index (χ3v) is 4.89. The summed E-state index contributed by atoms with van der Waals surface area (Å²) in [7, 11) is 0. The fourth-order valence-electron chi connectivity index (χ4n) is 3.56. The lowest BCUT2D eigenvalue weighted by molar-refractivity contribution is -0.384. The fourth-order valence-corrected chi connectivity index (χ4v) is 3.56. The number of amides is 1. The van der Waals surface area contributed by atoms with Crippen LogP contribution in [0.4, 0.5) is 14.9 Å². The molecule has 1 aromatic heterocycles. The molecule has 0 saturated heterocycles. The maximum atomic E-state index is 14.2. The number of nitrogens with zero attached hydrogens (tertiary/aromatic N) is 3. The summed E-state index contributed by atoms with van der Waals surface area (Å²) in [4.78, 5) is 28.5. The Morgan fingerprint density at radius 1 is 1.30 bits per heavy atom. The molecule has 1 aromatic carbocycles. The molecule has 3 rings (SSSR count). The van der Waals surface area contributed by atoms with E-state index in [1.807, 2.05) is 13.8 Å². The molecule has 1 amide bonds. The molecule has 0 spiro atoms. The van der Waals surface area contributed by atoms with Crippen molar-refractivity contribution >= 4 is 11.8 Å². The van der Waals surface area contributed by atoms with Crippen molar-refractivity contribution in [3.05, 3.63) is 63.7 Å². The third kappa shape index (κ3) is 3.60. The van der Waals surface area contributed by atoms with Crippen LogP contribution in [0.25, 0.3) is 0 Å². The minimum atomic E-state index is -0.551. The number of pyridine rings is 1. The highest BCUT2D eigenvalue weighted by Gasteiger charge is 2.38. The Labute approximate surface area is 155 Å². The minimum Gasteiger partial charge on any atom is -0.410 e. The lowest BCUT2D eigenvalue weighted by Crippen LogP contribution is -2.48. The van der Waals surface area contributed by atoms with Gasteiger partial charge in [0.1, 0.15) is 5.75 Å². The molecular formula is C19H20FN3O4. The summed E-state index contributed by atoms with van der Waals surface area (Å²) in [5, 5.41) is 10.7. The minimum absolute atomic E-state index is 0.0810. The average Bonchev–Trinajstić information content (AvgIpc) is 2.67. The topological polar surface area (TPSA) is 85.6 Å². The van der Waals surface area contributed by atoms with Crippen LogP contribution < -0.4 is 4.74 Å². The smallest absolute Gasteiger partial charge is 0.410 e. The van der Waals surface area contributed by atoms with E-state index in [9.17, 15) is 19.3 Å². The van der Waals surface area contributed by atoms with Gasteiger partial charge in [0, 0.05) is 29.9 Å². The maximum Gasteiger partial charge on any atom is 0.416 e. The molecule has 7 nitrogen and oxygen atoms in total. The molecule has 2 unspecified atom stereocenters. The number of carbonyl (C=O) groups excluding carboxylic acids is 1. The van der Waals surface area contributed by atoms with Gasteiger partial charge in [-0.1, -0.05) is 13.8 Å². The number of fused-ring (bicyclic) bond motifs is 1. The maximum absolute atomic E-state index is 14.2. The largest absolute Gasteiger partial charge is 0.416 e. The van der Waals surface area contributed by atoms with E-state index in [2.05, 4.69) is 4.98 Å². The fraction of sp³-hybridized carbons (Fsp3) is 0.368. The molecule has 2 heterocycles. The monoisotopic (exact) mass is 373 g/mol. The van der Waals surface area contributed by atoms with Gasteiger partial charge in [0.25, 0.3) is 5.69 Å². The first-order chi connectivity index (χ1) is 13.0. The molecule has 1 aliphatic heterocycles. The SMILES string of the molecule is CCC1Cc2c(ccnc2F)C(CC)N1C(=O)Oc1ccc([N+](=O)[O-])cc1. The van der Waals surface area contributed by atoms with Crippen LogP contribution in [0.5, 0.6) is 5.75 Å². The van der Waals surface area contributed by atoms with Crippen LogP contribution in [0, 0.1) is 16.1 Å². The summed E-state index contributed by atoms with van der Waals surface area (Å²) < 4.78 is 19.6. The normalized spacial score (nSPS) is 18.7. The first-order valence-electron chi connectivity index (χ1n) is 8.84. The zero-order valence-electron chi connectivity index (χ0n) is 15.1. The van der Waals surface area contributed by atoms with Crippen molar-refractivity contribution in [3.63, 3.8) is 0 Å². The summed E-state index contributed by atoms with van der Waals surface area (Å²) in [6, 6.07) is 6.55. The van der Waals surface area contributed by atoms with Gasteiger partial charge in [-0.2, -0.15) is 4.39 Å². The predicted octanol–water partition coefficient (Wildman–Crippen LogP) is 4.42. The van der Waals surface area contributed by atoms with Crippen molar-refractivity contribution in [2.24, 2.45) is 0 Å². The molecule has 2 atom stereocenters. The Kier molecular flexibility index (Phi) is 5.34. The van der Waals surface area contributed by atoms with Crippen molar-refractivity contribution in [3.8, 4) is 5.75 Å². The molecular weight excluding hydrogens is 353 g/mol. The van der Waals surface area contributed by atoms with Crippen LogP contribution >= 0.6 is 0 Å². The molecule has 142 valence electrons. The number of benzene rings is 1. The van der Waals surface area contributed by atoms with Crippen LogP contribution in [0.15, 0.2) is 36.5 Å². The van der Waals surface area contributed by atoms with Gasteiger partial charge in [0.05, 0.1) is 11.0 Å².